The van der Waals surface area contributed by atoms with E-state index in [2.05, 4.69) is 50.2 Å². The lowest BCUT2D eigenvalue weighted by Crippen LogP contribution is -2.40. The summed E-state index contributed by atoms with van der Waals surface area (Å²) in [5, 5.41) is 6.66. The van der Waals surface area contributed by atoms with E-state index in [-0.39, 0.29) is 5.41 Å². The second-order valence-electron chi connectivity index (χ2n) is 7.31. The number of guanidine groups is 1. The zero-order valence-corrected chi connectivity index (χ0v) is 16.6. The molecule has 136 valence electrons. The van der Waals surface area contributed by atoms with Gasteiger partial charge in [-0.2, -0.15) is 0 Å². The summed E-state index contributed by atoms with van der Waals surface area (Å²) in [4.78, 5) is 11.9. The molecule has 2 heterocycles. The standard InChI is InChI=1S/C18H32N4OS/c1-6-19-17(22-9-8-14(11-22)12-23-7-2)20-10-16-21-15(13-24-16)18(3,4)5/h13-14H,6-12H2,1-5H3,(H,19,20). The van der Waals surface area contributed by atoms with Crippen molar-refractivity contribution in [3.63, 3.8) is 0 Å². The Balaban J connectivity index is 1.97. The Kier molecular flexibility index (Phi) is 7.04. The van der Waals surface area contributed by atoms with Crippen LogP contribution in [0.1, 0.15) is 51.7 Å². The monoisotopic (exact) mass is 352 g/mol. The maximum atomic E-state index is 5.57. The molecule has 6 heteroatoms. The number of hydrogen-bond donors (Lipinski definition) is 1. The Bertz CT molecular complexity index is 535. The van der Waals surface area contributed by atoms with Gasteiger partial charge in [0.15, 0.2) is 5.96 Å². The summed E-state index contributed by atoms with van der Waals surface area (Å²) in [6.07, 6.45) is 1.18. The SMILES string of the molecule is CCNC(=NCc1nc(C(C)(C)C)cs1)N1CCC(COCC)C1. The lowest BCUT2D eigenvalue weighted by Gasteiger charge is -2.21. The van der Waals surface area contributed by atoms with Crippen LogP contribution in [-0.2, 0) is 16.7 Å². The molecule has 1 aromatic rings. The summed E-state index contributed by atoms with van der Waals surface area (Å²) in [5.41, 5.74) is 1.25. The van der Waals surface area contributed by atoms with E-state index in [1.54, 1.807) is 11.3 Å². The summed E-state index contributed by atoms with van der Waals surface area (Å²) in [7, 11) is 0. The van der Waals surface area contributed by atoms with Gasteiger partial charge in [0.2, 0.25) is 0 Å². The van der Waals surface area contributed by atoms with Gasteiger partial charge in [-0.15, -0.1) is 11.3 Å². The van der Waals surface area contributed by atoms with Crippen LogP contribution in [0, 0.1) is 5.92 Å². The van der Waals surface area contributed by atoms with Crippen LogP contribution in [0.25, 0.3) is 0 Å². The smallest absolute Gasteiger partial charge is 0.194 e. The Morgan fingerprint density at radius 1 is 1.46 bits per heavy atom. The molecule has 0 bridgehead atoms. The number of thiazole rings is 1. The first-order valence-corrected chi connectivity index (χ1v) is 9.87. The topological polar surface area (TPSA) is 49.8 Å². The molecule has 1 saturated heterocycles. The normalized spacial score (nSPS) is 19.1. The molecule has 24 heavy (non-hydrogen) atoms. The van der Waals surface area contributed by atoms with Crippen LogP contribution in [0.15, 0.2) is 10.4 Å². The van der Waals surface area contributed by atoms with Crippen molar-refractivity contribution in [2.45, 2.75) is 53.0 Å². The maximum Gasteiger partial charge on any atom is 0.194 e. The third-order valence-corrected chi connectivity index (χ3v) is 5.00. The minimum absolute atomic E-state index is 0.102. The Labute approximate surface area is 150 Å². The predicted molar refractivity (Wildman–Crippen MR) is 102 cm³/mol. The van der Waals surface area contributed by atoms with Crippen molar-refractivity contribution >= 4 is 17.3 Å². The van der Waals surface area contributed by atoms with E-state index in [1.165, 1.54) is 6.42 Å². The number of nitrogens with one attached hydrogen (secondary N) is 1. The lowest BCUT2D eigenvalue weighted by atomic mass is 9.93. The Morgan fingerprint density at radius 2 is 2.25 bits per heavy atom. The molecule has 0 spiro atoms. The van der Waals surface area contributed by atoms with Crippen LogP contribution in [0.2, 0.25) is 0 Å². The van der Waals surface area contributed by atoms with Gasteiger partial charge in [-0.1, -0.05) is 20.8 Å². The summed E-state index contributed by atoms with van der Waals surface area (Å²) < 4.78 is 5.57. The van der Waals surface area contributed by atoms with E-state index in [0.717, 1.165) is 49.5 Å². The highest BCUT2D eigenvalue weighted by Crippen LogP contribution is 2.24. The van der Waals surface area contributed by atoms with Gasteiger partial charge in [0, 0.05) is 43.0 Å². The predicted octanol–water partition coefficient (Wildman–Crippen LogP) is 3.26. The van der Waals surface area contributed by atoms with Crippen LogP contribution in [0.4, 0.5) is 0 Å². The molecule has 0 amide bonds. The number of likely N-dealkylation sites (tertiary alicyclic amines) is 1. The zero-order valence-electron chi connectivity index (χ0n) is 15.8. The van der Waals surface area contributed by atoms with Crippen LogP contribution in [0.5, 0.6) is 0 Å². The fourth-order valence-corrected chi connectivity index (χ4v) is 3.69. The molecule has 2 rings (SSSR count). The molecule has 5 nitrogen and oxygen atoms in total. The Morgan fingerprint density at radius 3 is 2.88 bits per heavy atom. The fourth-order valence-electron chi connectivity index (χ4n) is 2.74. The van der Waals surface area contributed by atoms with Crippen molar-refractivity contribution in [3.8, 4) is 0 Å². The van der Waals surface area contributed by atoms with Crippen LogP contribution in [-0.4, -0.2) is 48.7 Å². The van der Waals surface area contributed by atoms with Crippen molar-refractivity contribution in [2.75, 3.05) is 32.8 Å². The first-order chi connectivity index (χ1) is 11.4. The van der Waals surface area contributed by atoms with Gasteiger partial charge in [-0.3, -0.25) is 0 Å². The summed E-state index contributed by atoms with van der Waals surface area (Å²) in [5.74, 6) is 1.62. The van der Waals surface area contributed by atoms with Crippen molar-refractivity contribution < 1.29 is 4.74 Å². The average Bonchev–Trinajstić information content (AvgIpc) is 3.18. The number of nitrogens with zero attached hydrogens (tertiary/aromatic N) is 3. The number of ether oxygens (including phenoxy) is 1. The molecule has 0 aliphatic carbocycles. The minimum atomic E-state index is 0.102. The van der Waals surface area contributed by atoms with Gasteiger partial charge < -0.3 is 15.0 Å². The van der Waals surface area contributed by atoms with Crippen LogP contribution in [0.3, 0.4) is 0 Å². The van der Waals surface area contributed by atoms with Crippen LogP contribution >= 0.6 is 11.3 Å². The highest BCUT2D eigenvalue weighted by atomic mass is 32.1. The molecular formula is C18H32N4OS. The Hall–Kier alpha value is -1.14. The number of aliphatic imine (C=N–C) groups is 1. The van der Waals surface area contributed by atoms with E-state index in [4.69, 9.17) is 14.7 Å². The van der Waals surface area contributed by atoms with Crippen LogP contribution < -0.4 is 5.32 Å². The summed E-state index contributed by atoms with van der Waals surface area (Å²) >= 11 is 1.71. The molecule has 1 atom stereocenters. The van der Waals surface area contributed by atoms with Gasteiger partial charge >= 0.3 is 0 Å². The second kappa shape index (κ2) is 8.81. The molecule has 0 aromatic carbocycles. The molecule has 1 aliphatic heterocycles. The molecule has 1 fully saturated rings. The number of aromatic nitrogens is 1. The zero-order chi connectivity index (χ0) is 17.6. The first kappa shape index (κ1) is 19.2. The van der Waals surface area contributed by atoms with Gasteiger partial charge in [-0.25, -0.2) is 9.98 Å². The fraction of sp³-hybridized carbons (Fsp3) is 0.778. The van der Waals surface area contributed by atoms with Crippen molar-refractivity contribution in [1.29, 1.82) is 0 Å². The molecule has 1 N–H and O–H groups in total. The number of rotatable bonds is 6. The average molecular weight is 353 g/mol. The summed E-state index contributed by atoms with van der Waals surface area (Å²) in [6, 6.07) is 0. The quantitative estimate of drug-likeness (QED) is 0.631. The van der Waals surface area contributed by atoms with Crippen molar-refractivity contribution in [2.24, 2.45) is 10.9 Å². The van der Waals surface area contributed by atoms with E-state index in [1.807, 2.05) is 0 Å². The van der Waals surface area contributed by atoms with E-state index in [0.29, 0.717) is 12.5 Å². The second-order valence-corrected chi connectivity index (χ2v) is 8.25. The lowest BCUT2D eigenvalue weighted by molar-refractivity contribution is 0.114. The molecule has 0 radical (unpaired) electrons. The van der Waals surface area contributed by atoms with Gasteiger partial charge in [-0.05, 0) is 20.3 Å². The third-order valence-electron chi connectivity index (χ3n) is 4.16. The van der Waals surface area contributed by atoms with Crippen molar-refractivity contribution in [3.05, 3.63) is 16.1 Å². The highest BCUT2D eigenvalue weighted by Gasteiger charge is 2.25. The molecule has 0 saturated carbocycles. The van der Waals surface area contributed by atoms with E-state index in [9.17, 15) is 0 Å². The minimum Gasteiger partial charge on any atom is -0.381 e. The molecule has 1 unspecified atom stereocenters. The summed E-state index contributed by atoms with van der Waals surface area (Å²) in [6.45, 7) is 16.0. The number of hydrogen-bond acceptors (Lipinski definition) is 4. The van der Waals surface area contributed by atoms with Crippen molar-refractivity contribution in [1.82, 2.24) is 15.2 Å². The van der Waals surface area contributed by atoms with Gasteiger partial charge in [0.25, 0.3) is 0 Å². The highest BCUT2D eigenvalue weighted by molar-refractivity contribution is 7.09. The van der Waals surface area contributed by atoms with E-state index >= 15 is 0 Å². The van der Waals surface area contributed by atoms with E-state index < -0.39 is 0 Å². The molecule has 1 aliphatic rings. The van der Waals surface area contributed by atoms with Gasteiger partial charge in [0.05, 0.1) is 18.8 Å². The third kappa shape index (κ3) is 5.45. The van der Waals surface area contributed by atoms with Gasteiger partial charge in [0.1, 0.15) is 5.01 Å². The molecular weight excluding hydrogens is 320 g/mol. The largest absolute Gasteiger partial charge is 0.381 e. The maximum absolute atomic E-state index is 5.57. The first-order valence-electron chi connectivity index (χ1n) is 9.00. The molecule has 1 aromatic heterocycles.